The molecule has 0 saturated heterocycles. The second kappa shape index (κ2) is 4.44. The van der Waals surface area contributed by atoms with Gasteiger partial charge in [0, 0.05) is 0 Å². The van der Waals surface area contributed by atoms with E-state index in [1.807, 2.05) is 0 Å². The van der Waals surface area contributed by atoms with Gasteiger partial charge in [0.05, 0.1) is 16.7 Å². The first-order valence-electron chi connectivity index (χ1n) is 5.91. The number of fused-ring (bicyclic) bond motifs is 1. The molecule has 0 bridgehead atoms. The van der Waals surface area contributed by atoms with Crippen LogP contribution in [0, 0.1) is 5.41 Å². The lowest BCUT2D eigenvalue weighted by molar-refractivity contribution is -0.125. The molecular formula is C11H16N4O3S. The summed E-state index contributed by atoms with van der Waals surface area (Å²) in [5.41, 5.74) is 10.4. The largest absolute Gasteiger partial charge is 0.370 e. The van der Waals surface area contributed by atoms with Gasteiger partial charge in [-0.05, 0) is 12.8 Å². The number of carbonyl (C=O) groups is 1. The number of nitrogens with zero attached hydrogens (tertiary/aromatic N) is 2. The van der Waals surface area contributed by atoms with Crippen LogP contribution in [0.4, 0.5) is 0 Å². The third kappa shape index (κ3) is 2.27. The average Bonchev–Trinajstić information content (AvgIpc) is 2.64. The fraction of sp³-hybridized carbons (Fsp3) is 0.545. The van der Waals surface area contributed by atoms with Crippen LogP contribution in [-0.4, -0.2) is 37.1 Å². The predicted octanol–water partition coefficient (Wildman–Crippen LogP) is -0.663. The number of nitrogens with two attached hydrogens (primary N) is 2. The molecule has 7 nitrogen and oxygen atoms in total. The number of rotatable bonds is 2. The summed E-state index contributed by atoms with van der Waals surface area (Å²) in [5.74, 6) is -0.828. The first kappa shape index (κ1) is 13.7. The summed E-state index contributed by atoms with van der Waals surface area (Å²) in [4.78, 5) is 19.6. The zero-order valence-electron chi connectivity index (χ0n) is 10.5. The van der Waals surface area contributed by atoms with Gasteiger partial charge >= 0.3 is 0 Å². The van der Waals surface area contributed by atoms with Crippen LogP contribution in [-0.2, 0) is 14.6 Å². The van der Waals surface area contributed by atoms with Crippen molar-refractivity contribution in [2.24, 2.45) is 26.9 Å². The molecule has 104 valence electrons. The number of carbonyl (C=O) groups excluding carboxylic acids is 1. The van der Waals surface area contributed by atoms with Crippen molar-refractivity contribution in [3.63, 3.8) is 0 Å². The molecule has 1 aliphatic heterocycles. The number of aliphatic imine (C=N–C) groups is 2. The van der Waals surface area contributed by atoms with Crippen molar-refractivity contribution < 1.29 is 13.2 Å². The van der Waals surface area contributed by atoms with E-state index in [0.717, 1.165) is 5.55 Å². The Bertz CT molecular complexity index is 589. The molecule has 8 heteroatoms. The van der Waals surface area contributed by atoms with Gasteiger partial charge in [-0.15, -0.1) is 0 Å². The van der Waals surface area contributed by atoms with Crippen molar-refractivity contribution in [1.29, 1.82) is 0 Å². The van der Waals surface area contributed by atoms with Gasteiger partial charge in [-0.2, -0.15) is 4.99 Å². The lowest BCUT2D eigenvalue weighted by Crippen LogP contribution is -2.42. The van der Waals surface area contributed by atoms with Crippen LogP contribution in [0.3, 0.4) is 0 Å². The van der Waals surface area contributed by atoms with Crippen LogP contribution in [0.15, 0.2) is 22.1 Å². The van der Waals surface area contributed by atoms with Crippen molar-refractivity contribution in [3.8, 4) is 0 Å². The average molecular weight is 284 g/mol. The maximum absolute atomic E-state index is 12.1. The minimum absolute atomic E-state index is 0.155. The van der Waals surface area contributed by atoms with E-state index < -0.39 is 32.5 Å². The molecule has 1 heterocycles. The summed E-state index contributed by atoms with van der Waals surface area (Å²) in [6, 6.07) is -0.406. The zero-order valence-corrected chi connectivity index (χ0v) is 11.3. The van der Waals surface area contributed by atoms with Gasteiger partial charge in [0.2, 0.25) is 0 Å². The van der Waals surface area contributed by atoms with E-state index in [1.54, 1.807) is 19.1 Å². The second-order valence-corrected chi connectivity index (χ2v) is 6.78. The van der Waals surface area contributed by atoms with Gasteiger partial charge in [0.1, 0.15) is 5.55 Å². The number of hydrogen-bond donors (Lipinski definition) is 2. The van der Waals surface area contributed by atoms with E-state index in [9.17, 15) is 13.2 Å². The lowest BCUT2D eigenvalue weighted by Gasteiger charge is -2.33. The molecule has 2 aliphatic rings. The Morgan fingerprint density at radius 2 is 2.21 bits per heavy atom. The highest BCUT2D eigenvalue weighted by Gasteiger charge is 2.48. The van der Waals surface area contributed by atoms with Crippen molar-refractivity contribution >= 4 is 27.3 Å². The maximum atomic E-state index is 12.1. The molecule has 0 saturated carbocycles. The highest BCUT2D eigenvalue weighted by atomic mass is 32.2. The van der Waals surface area contributed by atoms with E-state index in [4.69, 9.17) is 11.5 Å². The van der Waals surface area contributed by atoms with Gasteiger partial charge < -0.3 is 11.5 Å². The van der Waals surface area contributed by atoms with E-state index in [1.165, 1.54) is 0 Å². The van der Waals surface area contributed by atoms with Crippen LogP contribution >= 0.6 is 0 Å². The molecule has 3 atom stereocenters. The van der Waals surface area contributed by atoms with E-state index in [-0.39, 0.29) is 12.4 Å². The summed E-state index contributed by atoms with van der Waals surface area (Å²) < 4.78 is 23.7. The third-order valence-corrected chi connectivity index (χ3v) is 5.35. The van der Waals surface area contributed by atoms with Crippen LogP contribution in [0.2, 0.25) is 0 Å². The van der Waals surface area contributed by atoms with Crippen molar-refractivity contribution in [3.05, 3.63) is 12.2 Å². The van der Waals surface area contributed by atoms with E-state index >= 15 is 0 Å². The number of hydrogen-bond acceptors (Lipinski definition) is 4. The van der Waals surface area contributed by atoms with Crippen molar-refractivity contribution in [2.45, 2.75) is 31.1 Å². The Balaban J connectivity index is 2.38. The number of amides is 1. The summed E-state index contributed by atoms with van der Waals surface area (Å²) in [5, 5.41) is -0.699. The van der Waals surface area contributed by atoms with Crippen molar-refractivity contribution in [2.75, 3.05) is 0 Å². The molecule has 0 aromatic heterocycles. The monoisotopic (exact) mass is 284 g/mol. The van der Waals surface area contributed by atoms with Gasteiger partial charge in [-0.1, -0.05) is 19.1 Å². The summed E-state index contributed by atoms with van der Waals surface area (Å²) >= 11 is 0. The lowest BCUT2D eigenvalue weighted by atomic mass is 9.75. The highest BCUT2D eigenvalue weighted by Crippen LogP contribution is 2.40. The Hall–Kier alpha value is -1.70. The smallest absolute Gasteiger partial charge is 0.258 e. The van der Waals surface area contributed by atoms with Crippen LogP contribution in [0.1, 0.15) is 19.8 Å². The molecule has 0 aromatic carbocycles. The molecule has 1 amide bonds. The van der Waals surface area contributed by atoms with Crippen molar-refractivity contribution in [1.82, 2.24) is 0 Å². The van der Waals surface area contributed by atoms with Gasteiger partial charge in [-0.3, -0.25) is 9.79 Å². The van der Waals surface area contributed by atoms with Gasteiger partial charge in [0.25, 0.3) is 5.91 Å². The second-order valence-electron chi connectivity index (χ2n) is 4.79. The normalized spacial score (nSPS) is 34.8. The molecule has 4 N–H and O–H groups in total. The molecule has 19 heavy (non-hydrogen) atoms. The minimum Gasteiger partial charge on any atom is -0.370 e. The minimum atomic E-state index is -3.40. The summed E-state index contributed by atoms with van der Waals surface area (Å²) in [6.07, 6.45) is 3.92. The number of guanidine groups is 1. The Morgan fingerprint density at radius 1 is 1.53 bits per heavy atom. The van der Waals surface area contributed by atoms with Gasteiger partial charge in [-0.25, -0.2) is 8.42 Å². The Labute approximate surface area is 111 Å². The number of sulfone groups is 1. The summed E-state index contributed by atoms with van der Waals surface area (Å²) in [7, 11) is -3.40. The molecule has 0 aromatic rings. The highest BCUT2D eigenvalue weighted by molar-refractivity contribution is 8.05. The van der Waals surface area contributed by atoms with Crippen LogP contribution in [0.25, 0.3) is 0 Å². The SMILES string of the molecule is CCC1(C(=O)N=C(N)N)C=CC2N=CS(=O)(=O)C2C1. The van der Waals surface area contributed by atoms with Crippen LogP contribution in [0.5, 0.6) is 0 Å². The first-order valence-corrected chi connectivity index (χ1v) is 7.52. The zero-order chi connectivity index (χ0) is 14.3. The standard InChI is InChI=1S/C11H16N4O3S/c1-2-11(9(16)15-10(12)13)4-3-7-8(5-11)19(17,18)6-14-7/h3-4,6-8H,2,5H2,1H3,(H4,12,13,15,16). The molecule has 3 unspecified atom stereocenters. The Morgan fingerprint density at radius 3 is 2.79 bits per heavy atom. The fourth-order valence-electron chi connectivity index (χ4n) is 2.44. The molecular weight excluding hydrogens is 268 g/mol. The predicted molar refractivity (Wildman–Crippen MR) is 72.3 cm³/mol. The fourth-order valence-corrected chi connectivity index (χ4v) is 3.99. The molecule has 0 radical (unpaired) electrons. The quantitative estimate of drug-likeness (QED) is 0.395. The molecule has 0 fully saturated rings. The Kier molecular flexibility index (Phi) is 3.21. The van der Waals surface area contributed by atoms with Crippen LogP contribution < -0.4 is 11.5 Å². The van der Waals surface area contributed by atoms with Gasteiger partial charge in [0.15, 0.2) is 15.8 Å². The topological polar surface area (TPSA) is 128 Å². The van der Waals surface area contributed by atoms with E-state index in [2.05, 4.69) is 9.98 Å². The molecule has 2 rings (SSSR count). The van der Waals surface area contributed by atoms with E-state index in [0.29, 0.717) is 6.42 Å². The first-order chi connectivity index (χ1) is 8.81. The summed E-state index contributed by atoms with van der Waals surface area (Å²) in [6.45, 7) is 1.80. The maximum Gasteiger partial charge on any atom is 0.258 e. The molecule has 1 aliphatic carbocycles. The third-order valence-electron chi connectivity index (χ3n) is 3.65. The molecule has 0 spiro atoms.